The summed E-state index contributed by atoms with van der Waals surface area (Å²) in [7, 11) is -3.97. The number of hydrogen-bond acceptors (Lipinski definition) is 4. The Hall–Kier alpha value is -2.97. The number of sulfonamides is 1. The second-order valence-corrected chi connectivity index (χ2v) is 10.1. The third-order valence-electron chi connectivity index (χ3n) is 5.07. The standard InChI is InChI=1S/C24H24BrN3O3S/c1-17-8-7-11-23(18(17)2)28(32(30,31)22-9-5-4-6-10-22)16-24(29)27-26-19(3)20-12-14-21(25)15-13-20/h4-15H,16H2,1-3H3,(H,27,29)/b26-19-. The van der Waals surface area contributed by atoms with Crippen LogP contribution in [0.1, 0.15) is 23.6 Å². The molecular formula is C24H24BrN3O3S. The van der Waals surface area contributed by atoms with Crippen LogP contribution in [0.3, 0.4) is 0 Å². The van der Waals surface area contributed by atoms with Gasteiger partial charge in [0.15, 0.2) is 0 Å². The molecule has 0 aliphatic rings. The molecule has 0 aliphatic heterocycles. The molecule has 0 saturated carbocycles. The van der Waals surface area contributed by atoms with E-state index in [0.717, 1.165) is 25.5 Å². The molecule has 3 aromatic carbocycles. The van der Waals surface area contributed by atoms with Crippen LogP contribution in [0, 0.1) is 13.8 Å². The fourth-order valence-electron chi connectivity index (χ4n) is 3.09. The Labute approximate surface area is 197 Å². The number of benzene rings is 3. The van der Waals surface area contributed by atoms with Crippen LogP contribution in [0.15, 0.2) is 87.3 Å². The van der Waals surface area contributed by atoms with E-state index in [0.29, 0.717) is 11.4 Å². The normalized spacial score (nSPS) is 11.8. The maximum Gasteiger partial charge on any atom is 0.264 e. The summed E-state index contributed by atoms with van der Waals surface area (Å²) in [5.74, 6) is -0.540. The van der Waals surface area contributed by atoms with Crippen molar-refractivity contribution in [3.63, 3.8) is 0 Å². The smallest absolute Gasteiger partial charge is 0.264 e. The molecule has 1 amide bonds. The molecule has 0 fully saturated rings. The summed E-state index contributed by atoms with van der Waals surface area (Å²) >= 11 is 3.38. The first-order valence-electron chi connectivity index (χ1n) is 9.93. The zero-order chi connectivity index (χ0) is 23.3. The molecule has 3 rings (SSSR count). The summed E-state index contributed by atoms with van der Waals surface area (Å²) in [5, 5.41) is 4.15. The monoisotopic (exact) mass is 513 g/mol. The Balaban J connectivity index is 1.90. The Kier molecular flexibility index (Phi) is 7.48. The summed E-state index contributed by atoms with van der Waals surface area (Å²) in [6.07, 6.45) is 0. The molecule has 0 unspecified atom stereocenters. The molecule has 0 aliphatic carbocycles. The minimum Gasteiger partial charge on any atom is -0.271 e. The lowest BCUT2D eigenvalue weighted by Crippen LogP contribution is -2.40. The van der Waals surface area contributed by atoms with Gasteiger partial charge in [0.2, 0.25) is 0 Å². The molecule has 32 heavy (non-hydrogen) atoms. The van der Waals surface area contributed by atoms with E-state index in [-0.39, 0.29) is 4.90 Å². The topological polar surface area (TPSA) is 78.8 Å². The summed E-state index contributed by atoms with van der Waals surface area (Å²) in [6.45, 7) is 5.11. The van der Waals surface area contributed by atoms with Crippen molar-refractivity contribution in [2.45, 2.75) is 25.7 Å². The van der Waals surface area contributed by atoms with Gasteiger partial charge in [0.1, 0.15) is 6.54 Å². The van der Waals surface area contributed by atoms with Gasteiger partial charge in [-0.3, -0.25) is 9.10 Å². The number of rotatable bonds is 7. The van der Waals surface area contributed by atoms with Crippen molar-refractivity contribution in [3.8, 4) is 0 Å². The first-order chi connectivity index (χ1) is 15.2. The minimum atomic E-state index is -3.97. The predicted octanol–water partition coefficient (Wildman–Crippen LogP) is 4.80. The summed E-state index contributed by atoms with van der Waals surface area (Å²) in [5.41, 5.74) is 6.11. The first-order valence-corrected chi connectivity index (χ1v) is 12.2. The Morgan fingerprint density at radius 3 is 2.28 bits per heavy atom. The Morgan fingerprint density at radius 2 is 1.62 bits per heavy atom. The number of amides is 1. The number of halogens is 1. The van der Waals surface area contributed by atoms with Crippen molar-refractivity contribution in [3.05, 3.63) is 94.0 Å². The van der Waals surface area contributed by atoms with Crippen LogP contribution in [-0.2, 0) is 14.8 Å². The maximum atomic E-state index is 13.4. The fraction of sp³-hybridized carbons (Fsp3) is 0.167. The quantitative estimate of drug-likeness (QED) is 0.364. The molecule has 8 heteroatoms. The van der Waals surface area contributed by atoms with Gasteiger partial charge in [0, 0.05) is 4.47 Å². The second kappa shape index (κ2) is 10.1. The molecule has 0 atom stereocenters. The number of hydrogen-bond donors (Lipinski definition) is 1. The van der Waals surface area contributed by atoms with E-state index in [9.17, 15) is 13.2 Å². The molecule has 0 saturated heterocycles. The zero-order valence-electron chi connectivity index (χ0n) is 18.0. The van der Waals surface area contributed by atoms with E-state index in [4.69, 9.17) is 0 Å². The lowest BCUT2D eigenvalue weighted by atomic mass is 10.1. The van der Waals surface area contributed by atoms with Crippen molar-refractivity contribution in [2.75, 3.05) is 10.8 Å². The number of carbonyl (C=O) groups is 1. The van der Waals surface area contributed by atoms with Crippen molar-refractivity contribution < 1.29 is 13.2 Å². The van der Waals surface area contributed by atoms with Crippen molar-refractivity contribution in [1.82, 2.24) is 5.43 Å². The van der Waals surface area contributed by atoms with E-state index in [1.807, 2.05) is 44.2 Å². The van der Waals surface area contributed by atoms with Crippen LogP contribution >= 0.6 is 15.9 Å². The number of carbonyl (C=O) groups excluding carboxylic acids is 1. The molecule has 3 aromatic rings. The van der Waals surface area contributed by atoms with Crippen molar-refractivity contribution in [2.24, 2.45) is 5.10 Å². The molecule has 1 N–H and O–H groups in total. The number of aryl methyl sites for hydroxylation is 1. The summed E-state index contributed by atoms with van der Waals surface area (Å²) in [6, 6.07) is 21.0. The summed E-state index contributed by atoms with van der Waals surface area (Å²) < 4.78 is 28.9. The Bertz CT molecular complexity index is 1240. The molecule has 0 heterocycles. The van der Waals surface area contributed by atoms with Gasteiger partial charge in [-0.05, 0) is 67.8 Å². The largest absolute Gasteiger partial charge is 0.271 e. The average Bonchev–Trinajstić information content (AvgIpc) is 2.79. The van der Waals surface area contributed by atoms with Gasteiger partial charge < -0.3 is 0 Å². The van der Waals surface area contributed by atoms with Crippen LogP contribution in [0.25, 0.3) is 0 Å². The highest BCUT2D eigenvalue weighted by Gasteiger charge is 2.28. The van der Waals surface area contributed by atoms with E-state index in [2.05, 4.69) is 26.5 Å². The van der Waals surface area contributed by atoms with Crippen molar-refractivity contribution in [1.29, 1.82) is 0 Å². The van der Waals surface area contributed by atoms with Gasteiger partial charge in [0.25, 0.3) is 15.9 Å². The molecule has 0 spiro atoms. The SMILES string of the molecule is C/C(=N/NC(=O)CN(c1cccc(C)c1C)S(=O)(=O)c1ccccc1)c1ccc(Br)cc1. The van der Waals surface area contributed by atoms with Gasteiger partial charge in [-0.25, -0.2) is 13.8 Å². The third kappa shape index (κ3) is 5.44. The lowest BCUT2D eigenvalue weighted by molar-refractivity contribution is -0.119. The highest BCUT2D eigenvalue weighted by Crippen LogP contribution is 2.28. The maximum absolute atomic E-state index is 13.4. The molecule has 0 bridgehead atoms. The van der Waals surface area contributed by atoms with E-state index < -0.39 is 22.5 Å². The average molecular weight is 514 g/mol. The molecule has 0 aromatic heterocycles. The van der Waals surface area contributed by atoms with Crippen LogP contribution in [0.4, 0.5) is 5.69 Å². The van der Waals surface area contributed by atoms with Gasteiger partial charge in [0.05, 0.1) is 16.3 Å². The van der Waals surface area contributed by atoms with Crippen LogP contribution in [0.2, 0.25) is 0 Å². The molecule has 166 valence electrons. The third-order valence-corrected chi connectivity index (χ3v) is 7.38. The predicted molar refractivity (Wildman–Crippen MR) is 131 cm³/mol. The van der Waals surface area contributed by atoms with E-state index >= 15 is 0 Å². The van der Waals surface area contributed by atoms with Crippen LogP contribution < -0.4 is 9.73 Å². The number of anilines is 1. The number of nitrogens with one attached hydrogen (secondary N) is 1. The first kappa shape index (κ1) is 23.7. The highest BCUT2D eigenvalue weighted by molar-refractivity contribution is 9.10. The number of hydrazone groups is 1. The minimum absolute atomic E-state index is 0.114. The molecule has 6 nitrogen and oxygen atoms in total. The van der Waals surface area contributed by atoms with Gasteiger partial charge in [-0.15, -0.1) is 0 Å². The second-order valence-electron chi connectivity index (χ2n) is 7.28. The van der Waals surface area contributed by atoms with Gasteiger partial charge in [-0.2, -0.15) is 5.10 Å². The van der Waals surface area contributed by atoms with Crippen molar-refractivity contribution >= 4 is 43.3 Å². The number of nitrogens with zero attached hydrogens (tertiary/aromatic N) is 2. The van der Waals surface area contributed by atoms with Gasteiger partial charge in [-0.1, -0.05) is 58.4 Å². The van der Waals surface area contributed by atoms with Gasteiger partial charge >= 0.3 is 0 Å². The van der Waals surface area contributed by atoms with E-state index in [1.165, 1.54) is 12.1 Å². The van der Waals surface area contributed by atoms with Crippen LogP contribution in [-0.4, -0.2) is 26.6 Å². The lowest BCUT2D eigenvalue weighted by Gasteiger charge is -2.26. The zero-order valence-corrected chi connectivity index (χ0v) is 20.4. The molecular weight excluding hydrogens is 490 g/mol. The summed E-state index contributed by atoms with van der Waals surface area (Å²) in [4.78, 5) is 12.9. The fourth-order valence-corrected chi connectivity index (χ4v) is 4.86. The Morgan fingerprint density at radius 1 is 0.969 bits per heavy atom. The molecule has 0 radical (unpaired) electrons. The van der Waals surface area contributed by atoms with Crippen LogP contribution in [0.5, 0.6) is 0 Å². The van der Waals surface area contributed by atoms with E-state index in [1.54, 1.807) is 37.3 Å². The highest BCUT2D eigenvalue weighted by atomic mass is 79.9.